The molecule has 0 saturated heterocycles. The van der Waals surface area contributed by atoms with Gasteiger partial charge in [0.05, 0.1) is 5.69 Å². The van der Waals surface area contributed by atoms with E-state index < -0.39 is 0 Å². The molecule has 0 unspecified atom stereocenters. The summed E-state index contributed by atoms with van der Waals surface area (Å²) in [5.74, 6) is 0.628. The number of aryl methyl sites for hydroxylation is 2. The predicted molar refractivity (Wildman–Crippen MR) is 96.0 cm³/mol. The van der Waals surface area contributed by atoms with E-state index in [0.717, 1.165) is 29.2 Å². The fourth-order valence-electron chi connectivity index (χ4n) is 2.44. The first-order valence-corrected chi connectivity index (χ1v) is 7.96. The van der Waals surface area contributed by atoms with Crippen LogP contribution < -0.4 is 5.32 Å². The third kappa shape index (κ3) is 3.66. The third-order valence-electron chi connectivity index (χ3n) is 3.84. The molecule has 1 aromatic heterocycles. The van der Waals surface area contributed by atoms with Crippen LogP contribution in [0.4, 0.5) is 5.69 Å². The Morgan fingerprint density at radius 3 is 2.33 bits per heavy atom. The molecule has 4 heteroatoms. The van der Waals surface area contributed by atoms with Crippen LogP contribution in [0.15, 0.2) is 60.8 Å². The van der Waals surface area contributed by atoms with E-state index in [0.29, 0.717) is 5.56 Å². The second kappa shape index (κ2) is 7.04. The van der Waals surface area contributed by atoms with Gasteiger partial charge in [-0.3, -0.25) is 4.79 Å². The van der Waals surface area contributed by atoms with Gasteiger partial charge in [0.15, 0.2) is 0 Å². The lowest BCUT2D eigenvalue weighted by Gasteiger charge is -2.07. The van der Waals surface area contributed by atoms with Crippen LogP contribution in [0.1, 0.15) is 28.7 Å². The lowest BCUT2D eigenvalue weighted by atomic mass is 10.1. The first kappa shape index (κ1) is 15.9. The lowest BCUT2D eigenvalue weighted by Crippen LogP contribution is -2.11. The molecule has 0 aliphatic carbocycles. The first-order chi connectivity index (χ1) is 11.7. The average molecular weight is 317 g/mol. The molecule has 4 nitrogen and oxygen atoms in total. The van der Waals surface area contributed by atoms with E-state index in [-0.39, 0.29) is 5.91 Å². The summed E-state index contributed by atoms with van der Waals surface area (Å²) in [6.45, 7) is 3.96. The minimum Gasteiger partial charge on any atom is -0.322 e. The Hall–Kier alpha value is -3.01. The largest absolute Gasteiger partial charge is 0.322 e. The highest BCUT2D eigenvalue weighted by Crippen LogP contribution is 2.19. The summed E-state index contributed by atoms with van der Waals surface area (Å²) < 4.78 is 0. The molecule has 0 bridgehead atoms. The summed E-state index contributed by atoms with van der Waals surface area (Å²) in [6, 6.07) is 17.2. The summed E-state index contributed by atoms with van der Waals surface area (Å²) in [4.78, 5) is 20.8. The molecular formula is C20H19N3O. The molecule has 0 spiro atoms. The Balaban J connectivity index is 1.72. The van der Waals surface area contributed by atoms with Crippen molar-refractivity contribution in [2.45, 2.75) is 20.3 Å². The van der Waals surface area contributed by atoms with Gasteiger partial charge >= 0.3 is 0 Å². The molecule has 120 valence electrons. The average Bonchev–Trinajstić information content (AvgIpc) is 2.62. The van der Waals surface area contributed by atoms with Crippen LogP contribution in [-0.2, 0) is 6.42 Å². The molecule has 1 amide bonds. The van der Waals surface area contributed by atoms with E-state index in [9.17, 15) is 4.79 Å². The number of nitrogens with one attached hydrogen (secondary N) is 1. The molecule has 3 rings (SSSR count). The number of benzene rings is 2. The van der Waals surface area contributed by atoms with Crippen LogP contribution in [0.25, 0.3) is 11.3 Å². The van der Waals surface area contributed by atoms with Crippen LogP contribution in [0.2, 0.25) is 0 Å². The van der Waals surface area contributed by atoms with Gasteiger partial charge < -0.3 is 5.32 Å². The van der Waals surface area contributed by atoms with Crippen LogP contribution in [0.3, 0.4) is 0 Å². The normalized spacial score (nSPS) is 10.4. The predicted octanol–water partition coefficient (Wildman–Crippen LogP) is 4.27. The topological polar surface area (TPSA) is 54.9 Å². The minimum atomic E-state index is -0.108. The highest BCUT2D eigenvalue weighted by atomic mass is 16.1. The van der Waals surface area contributed by atoms with E-state index in [1.165, 1.54) is 5.56 Å². The van der Waals surface area contributed by atoms with Crippen molar-refractivity contribution in [3.63, 3.8) is 0 Å². The highest BCUT2D eigenvalue weighted by Gasteiger charge is 2.06. The Kier molecular flexibility index (Phi) is 4.66. The number of carbonyl (C=O) groups excluding carboxylic acids is 1. The monoisotopic (exact) mass is 317 g/mol. The van der Waals surface area contributed by atoms with Gasteiger partial charge in [-0.05, 0) is 49.2 Å². The highest BCUT2D eigenvalue weighted by molar-refractivity contribution is 6.04. The lowest BCUT2D eigenvalue weighted by molar-refractivity contribution is 0.102. The maximum absolute atomic E-state index is 12.3. The van der Waals surface area contributed by atoms with E-state index in [4.69, 9.17) is 0 Å². The summed E-state index contributed by atoms with van der Waals surface area (Å²) in [6.07, 6.45) is 2.71. The molecule has 1 N–H and O–H groups in total. The smallest absolute Gasteiger partial charge is 0.255 e. The van der Waals surface area contributed by atoms with Gasteiger partial charge in [0, 0.05) is 23.0 Å². The number of hydrogen-bond donors (Lipinski definition) is 1. The number of rotatable bonds is 4. The molecule has 3 aromatic rings. The van der Waals surface area contributed by atoms with Crippen molar-refractivity contribution in [2.75, 3.05) is 5.32 Å². The summed E-state index contributed by atoms with van der Waals surface area (Å²) >= 11 is 0. The Morgan fingerprint density at radius 2 is 1.71 bits per heavy atom. The van der Waals surface area contributed by atoms with Crippen molar-refractivity contribution in [1.29, 1.82) is 0 Å². The first-order valence-electron chi connectivity index (χ1n) is 7.96. The zero-order valence-corrected chi connectivity index (χ0v) is 13.8. The second-order valence-electron chi connectivity index (χ2n) is 5.57. The zero-order valence-electron chi connectivity index (χ0n) is 13.8. The zero-order chi connectivity index (χ0) is 16.9. The van der Waals surface area contributed by atoms with Crippen LogP contribution in [-0.4, -0.2) is 15.9 Å². The molecule has 1 heterocycles. The van der Waals surface area contributed by atoms with Crippen molar-refractivity contribution >= 4 is 11.6 Å². The van der Waals surface area contributed by atoms with Crippen molar-refractivity contribution in [3.8, 4) is 11.3 Å². The Morgan fingerprint density at radius 1 is 1.00 bits per heavy atom. The van der Waals surface area contributed by atoms with Crippen molar-refractivity contribution in [1.82, 2.24) is 9.97 Å². The molecule has 24 heavy (non-hydrogen) atoms. The fourth-order valence-corrected chi connectivity index (χ4v) is 2.44. The van der Waals surface area contributed by atoms with E-state index in [2.05, 4.69) is 22.2 Å². The molecule has 0 radical (unpaired) electrons. The second-order valence-corrected chi connectivity index (χ2v) is 5.57. The maximum Gasteiger partial charge on any atom is 0.255 e. The number of carbonyl (C=O) groups is 1. The molecule has 0 aliphatic heterocycles. The molecule has 0 fully saturated rings. The molecule has 0 atom stereocenters. The molecule has 0 saturated carbocycles. The Bertz CT molecular complexity index is 840. The van der Waals surface area contributed by atoms with E-state index in [1.54, 1.807) is 6.20 Å². The van der Waals surface area contributed by atoms with Crippen molar-refractivity contribution in [2.24, 2.45) is 0 Å². The molecule has 2 aromatic carbocycles. The fraction of sp³-hybridized carbons (Fsp3) is 0.150. The standard InChI is InChI=1S/C20H19N3O/c1-3-15-4-6-17(7-5-15)20(24)23-18-10-8-16(9-11-18)19-12-13-21-14(2)22-19/h4-13H,3H2,1-2H3,(H,23,24). The van der Waals surface area contributed by atoms with Crippen LogP contribution >= 0.6 is 0 Å². The van der Waals surface area contributed by atoms with Gasteiger partial charge in [-0.15, -0.1) is 0 Å². The number of anilines is 1. The van der Waals surface area contributed by atoms with E-state index >= 15 is 0 Å². The van der Waals surface area contributed by atoms with Gasteiger partial charge in [0.25, 0.3) is 5.91 Å². The SMILES string of the molecule is CCc1ccc(C(=O)Nc2ccc(-c3ccnc(C)n3)cc2)cc1. The number of aromatic nitrogens is 2. The summed E-state index contributed by atoms with van der Waals surface area (Å²) in [7, 11) is 0. The third-order valence-corrected chi connectivity index (χ3v) is 3.84. The van der Waals surface area contributed by atoms with Gasteiger partial charge in [-0.1, -0.05) is 31.2 Å². The van der Waals surface area contributed by atoms with Gasteiger partial charge in [-0.25, -0.2) is 9.97 Å². The van der Waals surface area contributed by atoms with Crippen molar-refractivity contribution in [3.05, 3.63) is 77.7 Å². The number of amides is 1. The van der Waals surface area contributed by atoms with E-state index in [1.807, 2.05) is 61.5 Å². The van der Waals surface area contributed by atoms with Gasteiger partial charge in [0.2, 0.25) is 0 Å². The van der Waals surface area contributed by atoms with Crippen molar-refractivity contribution < 1.29 is 4.79 Å². The number of nitrogens with zero attached hydrogens (tertiary/aromatic N) is 2. The molecule has 0 aliphatic rings. The summed E-state index contributed by atoms with van der Waals surface area (Å²) in [5, 5.41) is 2.91. The molecular weight excluding hydrogens is 298 g/mol. The quantitative estimate of drug-likeness (QED) is 0.782. The minimum absolute atomic E-state index is 0.108. The maximum atomic E-state index is 12.3. The van der Waals surface area contributed by atoms with Crippen LogP contribution in [0.5, 0.6) is 0 Å². The van der Waals surface area contributed by atoms with Gasteiger partial charge in [-0.2, -0.15) is 0 Å². The number of hydrogen-bond acceptors (Lipinski definition) is 3. The Labute approximate surface area is 141 Å². The summed E-state index contributed by atoms with van der Waals surface area (Å²) in [5.41, 5.74) is 4.49. The van der Waals surface area contributed by atoms with Crippen LogP contribution in [0, 0.1) is 6.92 Å². The van der Waals surface area contributed by atoms with Gasteiger partial charge in [0.1, 0.15) is 5.82 Å².